The minimum atomic E-state index is -1.33. The van der Waals surface area contributed by atoms with E-state index in [1.165, 1.54) is 12.1 Å². The summed E-state index contributed by atoms with van der Waals surface area (Å²) in [4.78, 5) is 15.4. The van der Waals surface area contributed by atoms with Gasteiger partial charge in [0.25, 0.3) is 0 Å². The average molecular weight is 386 g/mol. The van der Waals surface area contributed by atoms with E-state index in [1.807, 2.05) is 44.2 Å². The molecule has 0 bridgehead atoms. The van der Waals surface area contributed by atoms with E-state index < -0.39 is 5.97 Å². The zero-order valence-corrected chi connectivity index (χ0v) is 15.7. The highest BCUT2D eigenvalue weighted by atomic mass is 35.5. The second kappa shape index (κ2) is 7.36. The molecule has 0 aliphatic heterocycles. The van der Waals surface area contributed by atoms with Crippen LogP contribution in [-0.2, 0) is 0 Å². The molecule has 3 rings (SSSR count). The predicted molar refractivity (Wildman–Crippen MR) is 103 cm³/mol. The quantitative estimate of drug-likeness (QED) is 0.620. The van der Waals surface area contributed by atoms with Crippen molar-refractivity contribution in [3.05, 3.63) is 81.1 Å². The van der Waals surface area contributed by atoms with Gasteiger partial charge in [0.05, 0.1) is 11.7 Å². The Balaban J connectivity index is 1.95. The molecule has 0 radical (unpaired) electrons. The minimum Gasteiger partial charge on any atom is -0.545 e. The molecule has 0 amide bonds. The lowest BCUT2D eigenvalue weighted by molar-refractivity contribution is -0.255. The third-order valence-corrected chi connectivity index (χ3v) is 4.66. The molecule has 0 atom stereocenters. The van der Waals surface area contributed by atoms with Gasteiger partial charge in [-0.05, 0) is 62.4 Å². The number of aryl methyl sites for hydroxylation is 1. The highest BCUT2D eigenvalue weighted by molar-refractivity contribution is 6.33. The Morgan fingerprint density at radius 3 is 2.42 bits per heavy atom. The summed E-state index contributed by atoms with van der Waals surface area (Å²) in [6.07, 6.45) is 1.71. The number of hydrogen-bond donors (Lipinski definition) is 0. The van der Waals surface area contributed by atoms with Gasteiger partial charge in [0.15, 0.2) is 0 Å². The molecule has 26 heavy (non-hydrogen) atoms. The van der Waals surface area contributed by atoms with Gasteiger partial charge in [0.1, 0.15) is 0 Å². The van der Waals surface area contributed by atoms with Gasteiger partial charge in [0.2, 0.25) is 0 Å². The van der Waals surface area contributed by atoms with Crippen LogP contribution in [-0.4, -0.2) is 16.8 Å². The summed E-state index contributed by atoms with van der Waals surface area (Å²) >= 11 is 11.8. The predicted octanol–water partition coefficient (Wildman–Crippen LogP) is 4.52. The van der Waals surface area contributed by atoms with E-state index in [-0.39, 0.29) is 10.6 Å². The van der Waals surface area contributed by atoms with Gasteiger partial charge in [-0.25, -0.2) is 0 Å². The van der Waals surface area contributed by atoms with E-state index in [9.17, 15) is 9.90 Å². The Morgan fingerprint density at radius 2 is 1.77 bits per heavy atom. The Morgan fingerprint density at radius 1 is 1.08 bits per heavy atom. The number of aromatic carboxylic acids is 1. The van der Waals surface area contributed by atoms with Crippen LogP contribution in [0, 0.1) is 13.8 Å². The monoisotopic (exact) mass is 385 g/mol. The van der Waals surface area contributed by atoms with Crippen LogP contribution in [0.3, 0.4) is 0 Å². The number of rotatable bonds is 4. The summed E-state index contributed by atoms with van der Waals surface area (Å²) in [5, 5.41) is 11.9. The van der Waals surface area contributed by atoms with Crippen LogP contribution < -0.4 is 5.11 Å². The second-order valence-electron chi connectivity index (χ2n) is 5.85. The second-order valence-corrected chi connectivity index (χ2v) is 6.69. The van der Waals surface area contributed by atoms with Crippen molar-refractivity contribution in [1.29, 1.82) is 0 Å². The fourth-order valence-electron chi connectivity index (χ4n) is 2.80. The van der Waals surface area contributed by atoms with Gasteiger partial charge in [-0.1, -0.05) is 23.2 Å². The maximum absolute atomic E-state index is 11.1. The molecule has 0 saturated heterocycles. The number of carbonyl (C=O) groups is 1. The van der Waals surface area contributed by atoms with Crippen molar-refractivity contribution < 1.29 is 9.90 Å². The smallest absolute Gasteiger partial charge is 0.0731 e. The van der Waals surface area contributed by atoms with Crippen molar-refractivity contribution in [2.45, 2.75) is 13.8 Å². The third-order valence-electron chi connectivity index (χ3n) is 4.08. The van der Waals surface area contributed by atoms with E-state index in [4.69, 9.17) is 23.2 Å². The molecule has 0 N–H and O–H groups in total. The molecule has 1 heterocycles. The first-order valence-corrected chi connectivity index (χ1v) is 8.62. The lowest BCUT2D eigenvalue weighted by Crippen LogP contribution is -2.22. The summed E-state index contributed by atoms with van der Waals surface area (Å²) in [6, 6.07) is 14.2. The molecule has 0 saturated carbocycles. The van der Waals surface area contributed by atoms with Crippen LogP contribution in [0.5, 0.6) is 0 Å². The summed E-state index contributed by atoms with van der Waals surface area (Å²) in [7, 11) is 0. The van der Waals surface area contributed by atoms with Crippen molar-refractivity contribution in [1.82, 2.24) is 4.57 Å². The Labute approximate surface area is 161 Å². The average Bonchev–Trinajstić information content (AvgIpc) is 2.89. The van der Waals surface area contributed by atoms with Gasteiger partial charge in [-0.3, -0.25) is 4.99 Å². The maximum atomic E-state index is 11.1. The number of aliphatic imine (C=N–C) groups is 1. The Hall–Kier alpha value is -2.56. The topological polar surface area (TPSA) is 57.4 Å². The molecule has 4 nitrogen and oxygen atoms in total. The van der Waals surface area contributed by atoms with Gasteiger partial charge < -0.3 is 14.5 Å². The highest BCUT2D eigenvalue weighted by Crippen LogP contribution is 2.24. The number of hydrogen-bond acceptors (Lipinski definition) is 3. The molecule has 0 aliphatic rings. The molecule has 1 aromatic heterocycles. The van der Waals surface area contributed by atoms with Crippen LogP contribution in [0.2, 0.25) is 10.0 Å². The van der Waals surface area contributed by atoms with Crippen molar-refractivity contribution >= 4 is 41.1 Å². The standard InChI is InChI=1S/C20H16Cl2N2O2/c1-12-9-14(13(2)24(12)17-6-3-15(21)4-7-17)11-23-16-5-8-19(22)18(10-16)20(25)26/h3-11H,1-2H3,(H,25,26)/p-1. The normalized spacial score (nSPS) is 11.2. The summed E-state index contributed by atoms with van der Waals surface area (Å²) in [5.74, 6) is -1.33. The van der Waals surface area contributed by atoms with Crippen molar-refractivity contribution in [3.8, 4) is 5.69 Å². The van der Waals surface area contributed by atoms with Crippen LogP contribution in [0.1, 0.15) is 27.3 Å². The molecular formula is C20H15Cl2N2O2-. The van der Waals surface area contributed by atoms with E-state index in [2.05, 4.69) is 9.56 Å². The summed E-state index contributed by atoms with van der Waals surface area (Å²) in [5.41, 5.74) is 4.43. The van der Waals surface area contributed by atoms with E-state index in [0.29, 0.717) is 10.7 Å². The molecule has 6 heteroatoms. The van der Waals surface area contributed by atoms with Crippen LogP contribution in [0.4, 0.5) is 5.69 Å². The number of carboxylic acids is 1. The van der Waals surface area contributed by atoms with Crippen LogP contribution in [0.15, 0.2) is 53.5 Å². The fourth-order valence-corrected chi connectivity index (χ4v) is 3.12. The highest BCUT2D eigenvalue weighted by Gasteiger charge is 2.09. The van der Waals surface area contributed by atoms with Gasteiger partial charge in [0, 0.05) is 44.5 Å². The lowest BCUT2D eigenvalue weighted by atomic mass is 10.2. The maximum Gasteiger partial charge on any atom is 0.0731 e. The van der Waals surface area contributed by atoms with Crippen molar-refractivity contribution in [2.24, 2.45) is 4.99 Å². The molecule has 0 aliphatic carbocycles. The molecule has 132 valence electrons. The SMILES string of the molecule is Cc1cc(C=Nc2ccc(Cl)c(C(=O)[O-])c2)c(C)n1-c1ccc(Cl)cc1. The number of carboxylic acid groups (broad SMARTS) is 1. The summed E-state index contributed by atoms with van der Waals surface area (Å²) in [6.45, 7) is 4.01. The molecular weight excluding hydrogens is 371 g/mol. The zero-order valence-electron chi connectivity index (χ0n) is 14.2. The Bertz CT molecular complexity index is 1010. The van der Waals surface area contributed by atoms with Gasteiger partial charge in [-0.2, -0.15) is 0 Å². The third kappa shape index (κ3) is 3.66. The fraction of sp³-hybridized carbons (Fsp3) is 0.100. The van der Waals surface area contributed by atoms with E-state index in [0.717, 1.165) is 22.6 Å². The molecule has 2 aromatic carbocycles. The van der Waals surface area contributed by atoms with Crippen molar-refractivity contribution in [2.75, 3.05) is 0 Å². The minimum absolute atomic E-state index is 0.0760. The first kappa shape index (κ1) is 18.2. The molecule has 0 fully saturated rings. The number of carbonyl (C=O) groups excluding carboxylic acids is 1. The van der Waals surface area contributed by atoms with Crippen molar-refractivity contribution in [3.63, 3.8) is 0 Å². The number of halogens is 2. The molecule has 3 aromatic rings. The Kier molecular flexibility index (Phi) is 5.16. The first-order chi connectivity index (χ1) is 12.4. The lowest BCUT2D eigenvalue weighted by Gasteiger charge is -2.09. The van der Waals surface area contributed by atoms with Gasteiger partial charge in [-0.15, -0.1) is 0 Å². The molecule has 0 unspecified atom stereocenters. The first-order valence-electron chi connectivity index (χ1n) is 7.86. The van der Waals surface area contributed by atoms with E-state index >= 15 is 0 Å². The number of aromatic nitrogens is 1. The number of benzene rings is 2. The summed E-state index contributed by atoms with van der Waals surface area (Å²) < 4.78 is 2.10. The largest absolute Gasteiger partial charge is 0.545 e. The van der Waals surface area contributed by atoms with Crippen LogP contribution >= 0.6 is 23.2 Å². The zero-order chi connectivity index (χ0) is 18.8. The number of nitrogens with zero attached hydrogens (tertiary/aromatic N) is 2. The van der Waals surface area contributed by atoms with Crippen LogP contribution in [0.25, 0.3) is 5.69 Å². The molecule has 0 spiro atoms. The van der Waals surface area contributed by atoms with E-state index in [1.54, 1.807) is 12.3 Å². The van der Waals surface area contributed by atoms with Gasteiger partial charge >= 0.3 is 0 Å².